The lowest BCUT2D eigenvalue weighted by Gasteiger charge is -2.30. The minimum absolute atomic E-state index is 0. The summed E-state index contributed by atoms with van der Waals surface area (Å²) < 4.78 is 14.1. The van der Waals surface area contributed by atoms with Gasteiger partial charge in [0.2, 0.25) is 0 Å². The summed E-state index contributed by atoms with van der Waals surface area (Å²) in [4.78, 5) is 25.6. The number of hydrogen-bond donors (Lipinski definition) is 2. The van der Waals surface area contributed by atoms with E-state index in [-0.39, 0.29) is 59.0 Å². The molecule has 0 saturated heterocycles. The Morgan fingerprint density at radius 3 is 1.53 bits per heavy atom. The number of benzene rings is 2. The molecule has 0 radical (unpaired) electrons. The van der Waals surface area contributed by atoms with Gasteiger partial charge >= 0.3 is 0 Å². The Morgan fingerprint density at radius 1 is 0.586 bits per heavy atom. The van der Waals surface area contributed by atoms with Gasteiger partial charge in [0.1, 0.15) is 11.5 Å². The van der Waals surface area contributed by atoms with Crippen molar-refractivity contribution in [2.24, 2.45) is 0 Å². The van der Waals surface area contributed by atoms with E-state index >= 15 is 0 Å². The largest absolute Gasteiger partial charge is 1.00 e. The van der Waals surface area contributed by atoms with Crippen LogP contribution in [-0.4, -0.2) is 101 Å². The van der Waals surface area contributed by atoms with Gasteiger partial charge in [-0.1, -0.05) is 89.5 Å². The van der Waals surface area contributed by atoms with E-state index in [0.717, 1.165) is 57.2 Å². The van der Waals surface area contributed by atoms with Gasteiger partial charge in [-0.25, -0.2) is 0 Å². The molecule has 0 spiro atoms. The molecule has 0 aliphatic rings. The monoisotopic (exact) mass is 934 g/mol. The first-order valence-electron chi connectivity index (χ1n) is 21.8. The van der Waals surface area contributed by atoms with Gasteiger partial charge in [0.05, 0.1) is 54.4 Å². The summed E-state index contributed by atoms with van der Waals surface area (Å²) in [5, 5.41) is 6.09. The van der Waals surface area contributed by atoms with Crippen LogP contribution in [0, 0.1) is 0 Å². The molecule has 0 aromatic heterocycles. The van der Waals surface area contributed by atoms with Crippen molar-refractivity contribution in [3.63, 3.8) is 0 Å². The van der Waals surface area contributed by atoms with Crippen LogP contribution in [0.25, 0.3) is 11.1 Å². The predicted molar refractivity (Wildman–Crippen MR) is 236 cm³/mol. The number of allylic oxidation sites excluding steroid dienone is 2. The average Bonchev–Trinajstić information content (AvgIpc) is 3.17. The van der Waals surface area contributed by atoms with E-state index in [4.69, 9.17) is 9.47 Å². The Kier molecular flexibility index (Phi) is 30.7. The lowest BCUT2D eigenvalue weighted by Crippen LogP contribution is -3.00. The van der Waals surface area contributed by atoms with Crippen LogP contribution in [0.1, 0.15) is 115 Å². The number of nitrogens with zero attached hydrogens (tertiary/aromatic N) is 2. The summed E-state index contributed by atoms with van der Waals surface area (Å²) in [5.74, 6) is 1.04. The van der Waals surface area contributed by atoms with Crippen molar-refractivity contribution in [3.05, 3.63) is 72.8 Å². The van der Waals surface area contributed by atoms with Crippen molar-refractivity contribution in [2.45, 2.75) is 117 Å². The zero-order chi connectivity index (χ0) is 41.1. The van der Waals surface area contributed by atoms with E-state index < -0.39 is 0 Å². The van der Waals surface area contributed by atoms with Crippen LogP contribution in [0.5, 0.6) is 11.5 Å². The topological polar surface area (TPSA) is 76.7 Å². The fourth-order valence-corrected chi connectivity index (χ4v) is 7.15. The molecule has 2 aromatic carbocycles. The van der Waals surface area contributed by atoms with Crippen LogP contribution < -0.4 is 54.1 Å². The summed E-state index contributed by atoms with van der Waals surface area (Å²) in [6.07, 6.45) is 22.6. The van der Waals surface area contributed by atoms with Crippen LogP contribution in [0.15, 0.2) is 61.7 Å². The van der Waals surface area contributed by atoms with E-state index in [0.29, 0.717) is 37.4 Å². The highest BCUT2D eigenvalue weighted by Crippen LogP contribution is 2.35. The number of carbonyl (C=O) groups is 2. The van der Waals surface area contributed by atoms with Gasteiger partial charge in [-0.15, -0.1) is 13.2 Å². The molecule has 2 rings (SSSR count). The lowest BCUT2D eigenvalue weighted by molar-refractivity contribution is -0.890. The van der Waals surface area contributed by atoms with E-state index in [1.807, 2.05) is 36.4 Å². The summed E-state index contributed by atoms with van der Waals surface area (Å²) in [6.45, 7) is 17.9. The van der Waals surface area contributed by atoms with Gasteiger partial charge in [-0.05, 0) is 79.5 Å². The molecule has 0 atom stereocenters. The predicted octanol–water partition coefficient (Wildman–Crippen LogP) is 3.46. The first kappa shape index (κ1) is 55.3. The maximum Gasteiger partial charge on any atom is 0.257 e. The minimum atomic E-state index is -0.127. The number of nitrogens with one attached hydrogen (secondary N) is 2. The van der Waals surface area contributed by atoms with Crippen molar-refractivity contribution in [2.75, 3.05) is 80.7 Å². The zero-order valence-electron chi connectivity index (χ0n) is 37.3. The molecule has 0 aliphatic heterocycles. The van der Waals surface area contributed by atoms with Crippen molar-refractivity contribution in [1.82, 2.24) is 10.6 Å². The standard InChI is InChI=1S/C48H78N4O4.2BrH/c1-9-13-15-17-19-21-33-51(5,6)35-23-31-49-47(53)39-55-45-30-28-42(38-43(45)26-12-4)44-37-41(25-11-3)27-29-46(44)56-40-48(54)50-32-24-36-52(7,8)34-22-20-18-16-14-10-2;;/h11-12,27-30,37-38H,3-4,9-10,13-26,31-36,39-40H2,1-2,5-8H3;2*1H. The van der Waals surface area contributed by atoms with Crippen LogP contribution in [0.4, 0.5) is 0 Å². The number of halogens is 2. The lowest BCUT2D eigenvalue weighted by atomic mass is 9.97. The van der Waals surface area contributed by atoms with Gasteiger partial charge < -0.3 is 63.0 Å². The third kappa shape index (κ3) is 24.4. The molecule has 2 N–H and O–H groups in total. The molecule has 0 heterocycles. The van der Waals surface area contributed by atoms with Crippen LogP contribution in [0.3, 0.4) is 0 Å². The van der Waals surface area contributed by atoms with Gasteiger partial charge in [0, 0.05) is 31.5 Å². The van der Waals surface area contributed by atoms with Gasteiger partial charge in [0.15, 0.2) is 13.2 Å². The number of hydrogen-bond acceptors (Lipinski definition) is 4. The molecule has 58 heavy (non-hydrogen) atoms. The molecule has 2 aromatic rings. The van der Waals surface area contributed by atoms with Crippen LogP contribution >= 0.6 is 0 Å². The summed E-state index contributed by atoms with van der Waals surface area (Å²) in [5.41, 5.74) is 3.85. The third-order valence-corrected chi connectivity index (χ3v) is 10.6. The Balaban J connectivity index is 0.0000162. The molecule has 10 heteroatoms. The van der Waals surface area contributed by atoms with E-state index in [1.54, 1.807) is 0 Å². The maximum atomic E-state index is 12.9. The Hall–Kier alpha value is -2.66. The highest BCUT2D eigenvalue weighted by atomic mass is 79.9. The molecular formula is C48H80Br2N4O4. The molecule has 0 saturated carbocycles. The first-order chi connectivity index (χ1) is 26.9. The van der Waals surface area contributed by atoms with E-state index in [9.17, 15) is 9.59 Å². The van der Waals surface area contributed by atoms with Gasteiger partial charge in [0.25, 0.3) is 11.8 Å². The second-order valence-corrected chi connectivity index (χ2v) is 16.9. The molecular weight excluding hydrogens is 856 g/mol. The molecule has 8 nitrogen and oxygen atoms in total. The smallest absolute Gasteiger partial charge is 0.257 e. The highest BCUT2D eigenvalue weighted by Gasteiger charge is 2.17. The normalized spacial score (nSPS) is 11.2. The molecule has 0 bridgehead atoms. The second-order valence-electron chi connectivity index (χ2n) is 16.9. The molecule has 330 valence electrons. The minimum Gasteiger partial charge on any atom is -1.00 e. The number of rotatable bonds is 33. The van der Waals surface area contributed by atoms with Gasteiger partial charge in [-0.3, -0.25) is 9.59 Å². The number of amides is 2. The second kappa shape index (κ2) is 32.2. The summed E-state index contributed by atoms with van der Waals surface area (Å²) >= 11 is 0. The summed E-state index contributed by atoms with van der Waals surface area (Å²) in [7, 11) is 9.13. The maximum absolute atomic E-state index is 12.9. The number of ether oxygens (including phenoxy) is 2. The quantitative estimate of drug-likeness (QED) is 0.0655. The SMILES string of the molecule is C=CCc1ccc(OCC(=O)NCCC[N+](C)(C)CCCCCCCC)c(-c2ccc(OCC(=O)NCCC[N+](C)(C)CCCCCCCC)c(CC=C)c2)c1.[Br-].[Br-]. The highest BCUT2D eigenvalue weighted by molar-refractivity contribution is 5.79. The molecule has 0 aliphatic carbocycles. The Morgan fingerprint density at radius 2 is 1.03 bits per heavy atom. The molecule has 0 fully saturated rings. The van der Waals surface area contributed by atoms with Gasteiger partial charge in [-0.2, -0.15) is 0 Å². The van der Waals surface area contributed by atoms with E-state index in [1.165, 1.54) is 90.1 Å². The first-order valence-corrected chi connectivity index (χ1v) is 21.8. The van der Waals surface area contributed by atoms with Crippen molar-refractivity contribution < 1.29 is 62.0 Å². The van der Waals surface area contributed by atoms with Crippen molar-refractivity contribution >= 4 is 11.8 Å². The third-order valence-electron chi connectivity index (χ3n) is 10.6. The van der Waals surface area contributed by atoms with Crippen LogP contribution in [0.2, 0.25) is 0 Å². The van der Waals surface area contributed by atoms with E-state index in [2.05, 4.69) is 78.0 Å². The van der Waals surface area contributed by atoms with Crippen LogP contribution in [-0.2, 0) is 22.4 Å². The molecule has 2 amide bonds. The van der Waals surface area contributed by atoms with Crippen molar-refractivity contribution in [1.29, 1.82) is 0 Å². The average molecular weight is 937 g/mol. The number of quaternary nitrogens is 2. The number of unbranched alkanes of at least 4 members (excludes halogenated alkanes) is 10. The fraction of sp³-hybridized carbons (Fsp3) is 0.625. The Labute approximate surface area is 375 Å². The fourth-order valence-electron chi connectivity index (χ4n) is 7.15. The number of carbonyl (C=O) groups excluding carboxylic acids is 2. The summed E-state index contributed by atoms with van der Waals surface area (Å²) in [6, 6.07) is 12.0. The van der Waals surface area contributed by atoms with Crippen molar-refractivity contribution in [3.8, 4) is 22.6 Å². The Bertz CT molecular complexity index is 1450. The molecule has 0 unspecified atom stereocenters. The zero-order valence-corrected chi connectivity index (χ0v) is 40.5.